The largest absolute Gasteiger partial charge is 0.247 e. The third-order valence-corrected chi connectivity index (χ3v) is 4.23. The van der Waals surface area contributed by atoms with E-state index >= 15 is 0 Å². The molecule has 1 heterocycles. The Morgan fingerprint density at radius 3 is 2.27 bits per heavy atom. The lowest BCUT2D eigenvalue weighted by Crippen LogP contribution is -1.90. The minimum atomic E-state index is 0.740. The molecule has 0 aliphatic heterocycles. The second kappa shape index (κ2) is 5.11. The number of halogens is 1. The van der Waals surface area contributed by atoms with E-state index in [0.717, 1.165) is 21.8 Å². The quantitative estimate of drug-likeness (QED) is 0.392. The average molecular weight is 304 g/mol. The lowest BCUT2D eigenvalue weighted by molar-refractivity contribution is 1.40. The van der Waals surface area contributed by atoms with E-state index < -0.39 is 0 Å². The summed E-state index contributed by atoms with van der Waals surface area (Å²) in [5, 5.41) is 4.34. The molecule has 1 aromatic heterocycles. The van der Waals surface area contributed by atoms with E-state index in [1.54, 1.807) is 0 Å². The highest BCUT2D eigenvalue weighted by Gasteiger charge is 2.10. The average Bonchev–Trinajstić information content (AvgIpc) is 2.54. The molecule has 0 saturated carbocycles. The fourth-order valence-corrected chi connectivity index (χ4v) is 3.02. The molecule has 0 saturated heterocycles. The minimum absolute atomic E-state index is 0.740. The molecule has 3 aromatic carbocycles. The second-order valence-corrected chi connectivity index (χ2v) is 5.97. The second-order valence-electron chi connectivity index (χ2n) is 5.53. The summed E-state index contributed by atoms with van der Waals surface area (Å²) in [6, 6.07) is 22.7. The van der Waals surface area contributed by atoms with E-state index in [-0.39, 0.29) is 0 Å². The standard InChI is InChI=1S/C20H14ClN/c1-13-6-11-17-16-4-2-3-5-18(16)20(22-19(17)12-13)14-7-9-15(21)10-8-14/h2-12H,1H3. The number of aryl methyl sites for hydroxylation is 1. The van der Waals surface area contributed by atoms with Gasteiger partial charge in [0.2, 0.25) is 0 Å². The molecule has 0 aliphatic carbocycles. The third kappa shape index (κ3) is 2.15. The molecule has 0 atom stereocenters. The predicted octanol–water partition coefficient (Wildman–Crippen LogP) is 6.02. The smallest absolute Gasteiger partial charge is 0.0788 e. The number of hydrogen-bond acceptors (Lipinski definition) is 1. The van der Waals surface area contributed by atoms with Crippen LogP contribution in [0.5, 0.6) is 0 Å². The number of rotatable bonds is 1. The molecule has 4 aromatic rings. The van der Waals surface area contributed by atoms with Gasteiger partial charge in [-0.25, -0.2) is 4.98 Å². The van der Waals surface area contributed by atoms with Crippen molar-refractivity contribution in [1.82, 2.24) is 4.98 Å². The van der Waals surface area contributed by atoms with Crippen molar-refractivity contribution in [3.05, 3.63) is 77.3 Å². The van der Waals surface area contributed by atoms with E-state index in [1.165, 1.54) is 21.7 Å². The zero-order chi connectivity index (χ0) is 15.1. The van der Waals surface area contributed by atoms with Crippen LogP contribution in [-0.2, 0) is 0 Å². The van der Waals surface area contributed by atoms with Gasteiger partial charge in [-0.15, -0.1) is 0 Å². The van der Waals surface area contributed by atoms with Crippen LogP contribution in [0, 0.1) is 6.92 Å². The summed E-state index contributed by atoms with van der Waals surface area (Å²) in [5.41, 5.74) is 4.34. The topological polar surface area (TPSA) is 12.9 Å². The highest BCUT2D eigenvalue weighted by Crippen LogP contribution is 2.32. The van der Waals surface area contributed by atoms with Crippen LogP contribution in [0.2, 0.25) is 5.02 Å². The van der Waals surface area contributed by atoms with Crippen LogP contribution < -0.4 is 0 Å². The van der Waals surface area contributed by atoms with Gasteiger partial charge >= 0.3 is 0 Å². The number of aromatic nitrogens is 1. The molecule has 0 radical (unpaired) electrons. The van der Waals surface area contributed by atoms with E-state index in [4.69, 9.17) is 16.6 Å². The first kappa shape index (κ1) is 13.3. The van der Waals surface area contributed by atoms with Gasteiger partial charge in [0, 0.05) is 21.4 Å². The molecule has 2 heteroatoms. The van der Waals surface area contributed by atoms with Crippen molar-refractivity contribution in [1.29, 1.82) is 0 Å². The molecule has 1 nitrogen and oxygen atoms in total. The van der Waals surface area contributed by atoms with E-state index in [0.29, 0.717) is 0 Å². The van der Waals surface area contributed by atoms with Crippen LogP contribution in [0.1, 0.15) is 5.56 Å². The fraction of sp³-hybridized carbons (Fsp3) is 0.0500. The molecule has 0 fully saturated rings. The monoisotopic (exact) mass is 303 g/mol. The van der Waals surface area contributed by atoms with Crippen molar-refractivity contribution >= 4 is 33.3 Å². The number of benzene rings is 3. The Labute approximate surface area is 134 Å². The van der Waals surface area contributed by atoms with Gasteiger partial charge in [-0.2, -0.15) is 0 Å². The third-order valence-electron chi connectivity index (χ3n) is 3.98. The Morgan fingerprint density at radius 1 is 0.773 bits per heavy atom. The van der Waals surface area contributed by atoms with Gasteiger partial charge in [0.25, 0.3) is 0 Å². The summed E-state index contributed by atoms with van der Waals surface area (Å²) in [4.78, 5) is 4.92. The highest BCUT2D eigenvalue weighted by molar-refractivity contribution is 6.30. The lowest BCUT2D eigenvalue weighted by atomic mass is 9.99. The number of fused-ring (bicyclic) bond motifs is 3. The van der Waals surface area contributed by atoms with Crippen molar-refractivity contribution < 1.29 is 0 Å². The van der Waals surface area contributed by atoms with Crippen LogP contribution >= 0.6 is 11.6 Å². The molecule has 22 heavy (non-hydrogen) atoms. The number of hydrogen-bond donors (Lipinski definition) is 0. The molecule has 106 valence electrons. The summed E-state index contributed by atoms with van der Waals surface area (Å²) < 4.78 is 0. The fourth-order valence-electron chi connectivity index (χ4n) is 2.89. The summed E-state index contributed by atoms with van der Waals surface area (Å²) >= 11 is 6.01. The van der Waals surface area contributed by atoms with Crippen LogP contribution in [0.3, 0.4) is 0 Å². The van der Waals surface area contributed by atoms with Crippen LogP contribution in [0.4, 0.5) is 0 Å². The van der Waals surface area contributed by atoms with Crippen LogP contribution in [0.25, 0.3) is 32.9 Å². The minimum Gasteiger partial charge on any atom is -0.247 e. The Morgan fingerprint density at radius 2 is 1.50 bits per heavy atom. The Balaban J connectivity index is 2.13. The molecular formula is C20H14ClN. The summed E-state index contributed by atoms with van der Waals surface area (Å²) in [6.07, 6.45) is 0. The van der Waals surface area contributed by atoms with Gasteiger partial charge in [0.05, 0.1) is 11.2 Å². The number of pyridine rings is 1. The lowest BCUT2D eigenvalue weighted by Gasteiger charge is -2.10. The zero-order valence-corrected chi connectivity index (χ0v) is 12.9. The van der Waals surface area contributed by atoms with Crippen molar-refractivity contribution in [3.8, 4) is 11.3 Å². The van der Waals surface area contributed by atoms with Gasteiger partial charge in [0.1, 0.15) is 0 Å². The maximum atomic E-state index is 6.01. The van der Waals surface area contributed by atoms with Crippen molar-refractivity contribution in [2.75, 3.05) is 0 Å². The Kier molecular flexibility index (Phi) is 3.09. The van der Waals surface area contributed by atoms with Gasteiger partial charge in [0.15, 0.2) is 0 Å². The molecule has 0 unspecified atom stereocenters. The molecule has 0 amide bonds. The molecule has 0 N–H and O–H groups in total. The van der Waals surface area contributed by atoms with Crippen molar-refractivity contribution in [2.45, 2.75) is 6.92 Å². The molecular weight excluding hydrogens is 290 g/mol. The maximum absolute atomic E-state index is 6.01. The van der Waals surface area contributed by atoms with E-state index in [2.05, 4.69) is 49.4 Å². The maximum Gasteiger partial charge on any atom is 0.0788 e. The van der Waals surface area contributed by atoms with Gasteiger partial charge in [-0.3, -0.25) is 0 Å². The molecule has 0 bridgehead atoms. The Bertz CT molecular complexity index is 988. The van der Waals surface area contributed by atoms with Crippen LogP contribution in [0.15, 0.2) is 66.7 Å². The highest BCUT2D eigenvalue weighted by atomic mass is 35.5. The summed E-state index contributed by atoms with van der Waals surface area (Å²) in [6.45, 7) is 2.10. The van der Waals surface area contributed by atoms with E-state index in [1.807, 2.05) is 24.3 Å². The zero-order valence-electron chi connectivity index (χ0n) is 12.2. The number of nitrogens with zero attached hydrogens (tertiary/aromatic N) is 1. The summed E-state index contributed by atoms with van der Waals surface area (Å²) in [5.74, 6) is 0. The van der Waals surface area contributed by atoms with Crippen LogP contribution in [-0.4, -0.2) is 4.98 Å². The van der Waals surface area contributed by atoms with Gasteiger partial charge < -0.3 is 0 Å². The first-order valence-corrected chi connectivity index (χ1v) is 7.65. The molecule has 0 spiro atoms. The molecule has 4 rings (SSSR count). The molecule has 0 aliphatic rings. The van der Waals surface area contributed by atoms with E-state index in [9.17, 15) is 0 Å². The van der Waals surface area contributed by atoms with Crippen molar-refractivity contribution in [2.24, 2.45) is 0 Å². The normalized spacial score (nSPS) is 11.2. The first-order chi connectivity index (χ1) is 10.7. The SMILES string of the molecule is Cc1ccc2c(c1)nc(-c1ccc(Cl)cc1)c1ccccc12. The first-order valence-electron chi connectivity index (χ1n) is 7.27. The van der Waals surface area contributed by atoms with Crippen molar-refractivity contribution in [3.63, 3.8) is 0 Å². The van der Waals surface area contributed by atoms with Gasteiger partial charge in [-0.1, -0.05) is 60.1 Å². The summed E-state index contributed by atoms with van der Waals surface area (Å²) in [7, 11) is 0. The predicted molar refractivity (Wildman–Crippen MR) is 94.4 cm³/mol. The van der Waals surface area contributed by atoms with Gasteiger partial charge in [-0.05, 0) is 36.1 Å². The Hall–Kier alpha value is -2.38.